The van der Waals surface area contributed by atoms with Crippen molar-refractivity contribution < 1.29 is 0 Å². The maximum atomic E-state index is 6.00. The molecule has 4 heteroatoms. The van der Waals surface area contributed by atoms with E-state index in [-0.39, 0.29) is 0 Å². The van der Waals surface area contributed by atoms with Crippen molar-refractivity contribution in [1.29, 1.82) is 0 Å². The SMILES string of the molecule is Cn1c(C2CCCNC2)nc2cc(Cl)ccc21. The van der Waals surface area contributed by atoms with Gasteiger partial charge in [0.25, 0.3) is 0 Å². The average molecular weight is 250 g/mol. The molecule has 3 nitrogen and oxygen atoms in total. The summed E-state index contributed by atoms with van der Waals surface area (Å²) in [6.45, 7) is 2.16. The number of hydrogen-bond donors (Lipinski definition) is 1. The van der Waals surface area contributed by atoms with E-state index in [0.29, 0.717) is 5.92 Å². The van der Waals surface area contributed by atoms with Crippen LogP contribution in [-0.2, 0) is 7.05 Å². The van der Waals surface area contributed by atoms with Gasteiger partial charge < -0.3 is 9.88 Å². The van der Waals surface area contributed by atoms with Crippen LogP contribution in [-0.4, -0.2) is 22.6 Å². The van der Waals surface area contributed by atoms with Gasteiger partial charge in [0.15, 0.2) is 0 Å². The molecule has 0 bridgehead atoms. The number of piperidine rings is 1. The zero-order valence-corrected chi connectivity index (χ0v) is 10.7. The molecule has 1 fully saturated rings. The van der Waals surface area contributed by atoms with Crippen LogP contribution in [0.1, 0.15) is 24.6 Å². The maximum Gasteiger partial charge on any atom is 0.114 e. The van der Waals surface area contributed by atoms with Crippen molar-refractivity contribution in [2.45, 2.75) is 18.8 Å². The van der Waals surface area contributed by atoms with E-state index >= 15 is 0 Å². The van der Waals surface area contributed by atoms with Crippen molar-refractivity contribution in [3.8, 4) is 0 Å². The minimum atomic E-state index is 0.528. The Morgan fingerprint density at radius 1 is 1.47 bits per heavy atom. The van der Waals surface area contributed by atoms with Gasteiger partial charge in [-0.25, -0.2) is 4.98 Å². The number of nitrogens with one attached hydrogen (secondary N) is 1. The summed E-state index contributed by atoms with van der Waals surface area (Å²) in [5.41, 5.74) is 2.16. The van der Waals surface area contributed by atoms with Crippen molar-refractivity contribution >= 4 is 22.6 Å². The van der Waals surface area contributed by atoms with Crippen LogP contribution in [0.25, 0.3) is 11.0 Å². The standard InChI is InChI=1S/C13H16ClN3/c1-17-12-5-4-10(14)7-11(12)16-13(17)9-3-2-6-15-8-9/h4-5,7,9,15H,2-3,6,8H2,1H3. The number of hydrogen-bond acceptors (Lipinski definition) is 2. The highest BCUT2D eigenvalue weighted by molar-refractivity contribution is 6.31. The van der Waals surface area contributed by atoms with Gasteiger partial charge in [0.1, 0.15) is 5.82 Å². The topological polar surface area (TPSA) is 29.9 Å². The Bertz CT molecular complexity index is 541. The van der Waals surface area contributed by atoms with E-state index in [0.717, 1.165) is 29.1 Å². The fourth-order valence-electron chi connectivity index (χ4n) is 2.63. The Balaban J connectivity index is 2.07. The first-order valence-electron chi connectivity index (χ1n) is 6.08. The lowest BCUT2D eigenvalue weighted by atomic mass is 9.99. The van der Waals surface area contributed by atoms with Gasteiger partial charge in [-0.15, -0.1) is 0 Å². The molecule has 0 saturated carbocycles. The first kappa shape index (κ1) is 11.1. The van der Waals surface area contributed by atoms with E-state index < -0.39 is 0 Å². The molecule has 3 rings (SSSR count). The minimum Gasteiger partial charge on any atom is -0.331 e. The average Bonchev–Trinajstić information content (AvgIpc) is 2.67. The molecule has 0 spiro atoms. The lowest BCUT2D eigenvalue weighted by Crippen LogP contribution is -2.29. The Kier molecular flexibility index (Phi) is 2.81. The molecular formula is C13H16ClN3. The summed E-state index contributed by atoms with van der Waals surface area (Å²) in [7, 11) is 2.09. The largest absolute Gasteiger partial charge is 0.331 e. The van der Waals surface area contributed by atoms with Crippen molar-refractivity contribution in [3.63, 3.8) is 0 Å². The minimum absolute atomic E-state index is 0.528. The molecule has 1 atom stereocenters. The number of rotatable bonds is 1. The van der Waals surface area contributed by atoms with Crippen molar-refractivity contribution in [3.05, 3.63) is 29.0 Å². The number of aromatic nitrogens is 2. The zero-order valence-electron chi connectivity index (χ0n) is 9.91. The summed E-state index contributed by atoms with van der Waals surface area (Å²) in [6.07, 6.45) is 2.45. The first-order chi connectivity index (χ1) is 8.25. The van der Waals surface area contributed by atoms with Crippen molar-refractivity contribution in [2.75, 3.05) is 13.1 Å². The van der Waals surface area contributed by atoms with E-state index in [9.17, 15) is 0 Å². The van der Waals surface area contributed by atoms with E-state index in [4.69, 9.17) is 16.6 Å². The molecule has 0 radical (unpaired) electrons. The number of halogens is 1. The van der Waals surface area contributed by atoms with E-state index in [1.165, 1.54) is 18.7 Å². The summed E-state index contributed by atoms with van der Waals surface area (Å²) in [6, 6.07) is 5.91. The Labute approximate surface area is 106 Å². The molecule has 90 valence electrons. The van der Waals surface area contributed by atoms with Gasteiger partial charge in [-0.2, -0.15) is 0 Å². The summed E-state index contributed by atoms with van der Waals surface area (Å²) < 4.78 is 2.20. The molecule has 1 unspecified atom stereocenters. The molecule has 0 aliphatic carbocycles. The molecule has 17 heavy (non-hydrogen) atoms. The fourth-order valence-corrected chi connectivity index (χ4v) is 2.80. The number of nitrogens with zero attached hydrogens (tertiary/aromatic N) is 2. The summed E-state index contributed by atoms with van der Waals surface area (Å²) in [5.74, 6) is 1.70. The third kappa shape index (κ3) is 1.94. The van der Waals surface area contributed by atoms with Crippen LogP contribution in [0.4, 0.5) is 0 Å². The fraction of sp³-hybridized carbons (Fsp3) is 0.462. The highest BCUT2D eigenvalue weighted by Gasteiger charge is 2.20. The highest BCUT2D eigenvalue weighted by Crippen LogP contribution is 2.27. The predicted molar refractivity (Wildman–Crippen MR) is 70.6 cm³/mol. The normalized spacial score (nSPS) is 20.9. The lowest BCUT2D eigenvalue weighted by Gasteiger charge is -2.22. The molecule has 2 aromatic rings. The van der Waals surface area contributed by atoms with Crippen molar-refractivity contribution in [2.24, 2.45) is 7.05 Å². The van der Waals surface area contributed by atoms with Gasteiger partial charge in [0, 0.05) is 24.5 Å². The van der Waals surface area contributed by atoms with Crippen LogP contribution < -0.4 is 5.32 Å². The van der Waals surface area contributed by atoms with Crippen LogP contribution in [0, 0.1) is 0 Å². The summed E-state index contributed by atoms with van der Waals surface area (Å²) in [5, 5.41) is 4.19. The van der Waals surface area contributed by atoms with Crippen molar-refractivity contribution in [1.82, 2.24) is 14.9 Å². The molecule has 0 amide bonds. The number of fused-ring (bicyclic) bond motifs is 1. The van der Waals surface area contributed by atoms with Crippen LogP contribution in [0.5, 0.6) is 0 Å². The summed E-state index contributed by atoms with van der Waals surface area (Å²) in [4.78, 5) is 4.74. The molecule has 1 aromatic heterocycles. The Hall–Kier alpha value is -1.06. The van der Waals surface area contributed by atoms with Crippen LogP contribution in [0.15, 0.2) is 18.2 Å². The van der Waals surface area contributed by atoms with Gasteiger partial charge in [0.05, 0.1) is 11.0 Å². The maximum absolute atomic E-state index is 6.00. The number of imidazole rings is 1. The Morgan fingerprint density at radius 3 is 3.12 bits per heavy atom. The van der Waals surface area contributed by atoms with Gasteiger partial charge in [0.2, 0.25) is 0 Å². The second kappa shape index (κ2) is 4.31. The molecule has 1 aliphatic rings. The first-order valence-corrected chi connectivity index (χ1v) is 6.46. The van der Waals surface area contributed by atoms with Gasteiger partial charge >= 0.3 is 0 Å². The van der Waals surface area contributed by atoms with E-state index in [1.54, 1.807) is 0 Å². The van der Waals surface area contributed by atoms with E-state index in [2.05, 4.69) is 16.9 Å². The quantitative estimate of drug-likeness (QED) is 0.842. The van der Waals surface area contributed by atoms with Gasteiger partial charge in [-0.05, 0) is 37.6 Å². The number of aryl methyl sites for hydroxylation is 1. The third-order valence-electron chi connectivity index (χ3n) is 3.54. The Morgan fingerprint density at radius 2 is 2.35 bits per heavy atom. The zero-order chi connectivity index (χ0) is 11.8. The smallest absolute Gasteiger partial charge is 0.114 e. The van der Waals surface area contributed by atoms with E-state index in [1.807, 2.05) is 18.2 Å². The molecule has 1 aromatic carbocycles. The number of benzene rings is 1. The van der Waals surface area contributed by atoms with Crippen LogP contribution in [0.3, 0.4) is 0 Å². The highest BCUT2D eigenvalue weighted by atomic mass is 35.5. The molecule has 2 heterocycles. The summed E-state index contributed by atoms with van der Waals surface area (Å²) >= 11 is 6.00. The molecular weight excluding hydrogens is 234 g/mol. The van der Waals surface area contributed by atoms with Gasteiger partial charge in [-0.1, -0.05) is 11.6 Å². The van der Waals surface area contributed by atoms with Gasteiger partial charge in [-0.3, -0.25) is 0 Å². The molecule has 1 aliphatic heterocycles. The monoisotopic (exact) mass is 249 g/mol. The second-order valence-electron chi connectivity index (χ2n) is 4.71. The third-order valence-corrected chi connectivity index (χ3v) is 3.77. The molecule has 1 N–H and O–H groups in total. The predicted octanol–water partition coefficient (Wildman–Crippen LogP) is 2.69. The molecule has 1 saturated heterocycles. The lowest BCUT2D eigenvalue weighted by molar-refractivity contribution is 0.440. The second-order valence-corrected chi connectivity index (χ2v) is 5.14. The van der Waals surface area contributed by atoms with Crippen LogP contribution >= 0.6 is 11.6 Å². The van der Waals surface area contributed by atoms with Crippen LogP contribution in [0.2, 0.25) is 5.02 Å².